The quantitative estimate of drug-likeness (QED) is 0.358. The second-order valence-electron chi connectivity index (χ2n) is 5.67. The van der Waals surface area contributed by atoms with E-state index in [0.717, 1.165) is 27.8 Å². The highest BCUT2D eigenvalue weighted by molar-refractivity contribution is 8.07. The molecule has 0 bridgehead atoms. The molecule has 0 aliphatic heterocycles. The van der Waals surface area contributed by atoms with Gasteiger partial charge in [0.25, 0.3) is 0 Å². The van der Waals surface area contributed by atoms with Crippen LogP contribution in [0.2, 0.25) is 0 Å². The number of anilines is 1. The Morgan fingerprint density at radius 1 is 1.04 bits per heavy atom. The second-order valence-corrected chi connectivity index (χ2v) is 8.01. The molecule has 2 rings (SSSR count). The van der Waals surface area contributed by atoms with Gasteiger partial charge in [0.15, 0.2) is 0 Å². The highest BCUT2D eigenvalue weighted by atomic mass is 32.2. The molecule has 0 saturated carbocycles. The van der Waals surface area contributed by atoms with Gasteiger partial charge in [-0.25, -0.2) is 4.21 Å². The van der Waals surface area contributed by atoms with Crippen molar-refractivity contribution < 1.29 is 4.21 Å². The second kappa shape index (κ2) is 9.96. The summed E-state index contributed by atoms with van der Waals surface area (Å²) >= 11 is 1.54. The fourth-order valence-electron chi connectivity index (χ4n) is 2.58. The van der Waals surface area contributed by atoms with Crippen molar-refractivity contribution in [3.8, 4) is 0 Å². The lowest BCUT2D eigenvalue weighted by molar-refractivity contribution is 0.627. The minimum Gasteiger partial charge on any atom is -0.398 e. The van der Waals surface area contributed by atoms with Crippen molar-refractivity contribution in [2.45, 2.75) is 50.3 Å². The first-order valence-corrected chi connectivity index (χ1v) is 10.4. The van der Waals surface area contributed by atoms with Crippen LogP contribution in [0.15, 0.2) is 41.3 Å². The minimum absolute atomic E-state index is 0.675. The highest BCUT2D eigenvalue weighted by Gasteiger charge is 2.10. The molecule has 3 nitrogen and oxygen atoms in total. The molecular formula is C18H26N2OS2. The third-order valence-electron chi connectivity index (χ3n) is 3.83. The third kappa shape index (κ3) is 5.52. The molecule has 3 N–H and O–H groups in total. The summed E-state index contributed by atoms with van der Waals surface area (Å²) in [6.07, 6.45) is 7.66. The van der Waals surface area contributed by atoms with Crippen LogP contribution in [0.25, 0.3) is 10.8 Å². The molecule has 0 spiro atoms. The maximum Gasteiger partial charge on any atom is 0.135 e. The summed E-state index contributed by atoms with van der Waals surface area (Å²) in [5.74, 6) is 0.984. The summed E-state index contributed by atoms with van der Waals surface area (Å²) in [7, 11) is -1.25. The molecule has 0 heterocycles. The predicted octanol–water partition coefficient (Wildman–Crippen LogP) is 5.04. The van der Waals surface area contributed by atoms with Crippen molar-refractivity contribution >= 4 is 39.4 Å². The fourth-order valence-corrected chi connectivity index (χ4v) is 4.68. The first-order chi connectivity index (χ1) is 11.2. The Balaban J connectivity index is 1.83. The Kier molecular flexibility index (Phi) is 7.92. The van der Waals surface area contributed by atoms with Gasteiger partial charge in [-0.2, -0.15) is 4.13 Å². The maximum absolute atomic E-state index is 12.5. The number of benzene rings is 2. The molecule has 1 unspecified atom stereocenters. The van der Waals surface area contributed by atoms with Crippen LogP contribution in [0.4, 0.5) is 5.69 Å². The Hall–Kier alpha value is -1.04. The van der Waals surface area contributed by atoms with Gasteiger partial charge >= 0.3 is 0 Å². The van der Waals surface area contributed by atoms with Crippen LogP contribution < -0.4 is 9.86 Å². The molecule has 1 atom stereocenters. The zero-order valence-corrected chi connectivity index (χ0v) is 15.3. The van der Waals surface area contributed by atoms with Gasteiger partial charge in [0.1, 0.15) is 11.0 Å². The Bertz CT molecular complexity index is 641. The molecule has 5 heteroatoms. The molecule has 0 aromatic heterocycles. The van der Waals surface area contributed by atoms with Crippen LogP contribution in [-0.2, 0) is 11.0 Å². The molecule has 23 heavy (non-hydrogen) atoms. The third-order valence-corrected chi connectivity index (χ3v) is 6.14. The van der Waals surface area contributed by atoms with Crippen LogP contribution in [0, 0.1) is 0 Å². The lowest BCUT2D eigenvalue weighted by Crippen LogP contribution is -2.10. The molecule has 0 radical (unpaired) electrons. The highest BCUT2D eigenvalue weighted by Crippen LogP contribution is 2.27. The van der Waals surface area contributed by atoms with Gasteiger partial charge in [-0.1, -0.05) is 75.2 Å². The number of nitrogens with two attached hydrogens (primary N) is 1. The summed E-state index contributed by atoms with van der Waals surface area (Å²) in [5, 5.41) is 1.92. The van der Waals surface area contributed by atoms with E-state index in [9.17, 15) is 4.21 Å². The van der Waals surface area contributed by atoms with Crippen molar-refractivity contribution in [1.82, 2.24) is 4.13 Å². The number of nitrogens with one attached hydrogen (secondary N) is 1. The summed E-state index contributed by atoms with van der Waals surface area (Å²) in [4.78, 5) is 0.760. The number of nitrogen functional groups attached to an aromatic ring is 1. The van der Waals surface area contributed by atoms with Crippen molar-refractivity contribution in [2.75, 3.05) is 11.5 Å². The van der Waals surface area contributed by atoms with Crippen molar-refractivity contribution in [1.29, 1.82) is 0 Å². The molecule has 0 amide bonds. The van der Waals surface area contributed by atoms with Gasteiger partial charge in [0.05, 0.1) is 4.90 Å². The standard InChI is InChI=1S/C18H26N2OS2/c1-2-3-4-5-6-7-14-22-20-23(21)17-13-9-11-15-10-8-12-16(19)18(15)17/h8-13,20H,2-7,14,19H2,1H3. The SMILES string of the molecule is CCCCCCCCSNS(=O)c1cccc2cccc(N)c12. The van der Waals surface area contributed by atoms with Crippen molar-refractivity contribution in [2.24, 2.45) is 0 Å². The molecule has 0 fully saturated rings. The van der Waals surface area contributed by atoms with E-state index in [1.807, 2.05) is 36.4 Å². The van der Waals surface area contributed by atoms with Crippen LogP contribution in [0.5, 0.6) is 0 Å². The van der Waals surface area contributed by atoms with Crippen LogP contribution in [-0.4, -0.2) is 9.96 Å². The van der Waals surface area contributed by atoms with Crippen LogP contribution in [0.3, 0.4) is 0 Å². The van der Waals surface area contributed by atoms with Gasteiger partial charge < -0.3 is 5.73 Å². The number of hydrogen-bond donors (Lipinski definition) is 2. The van der Waals surface area contributed by atoms with Crippen molar-refractivity contribution in [3.05, 3.63) is 36.4 Å². The van der Waals surface area contributed by atoms with Gasteiger partial charge in [0, 0.05) is 16.8 Å². The maximum atomic E-state index is 12.5. The largest absolute Gasteiger partial charge is 0.398 e. The summed E-state index contributed by atoms with van der Waals surface area (Å²) in [6.45, 7) is 2.23. The van der Waals surface area contributed by atoms with Gasteiger partial charge in [-0.3, -0.25) is 0 Å². The lowest BCUT2D eigenvalue weighted by Gasteiger charge is -2.09. The van der Waals surface area contributed by atoms with E-state index in [2.05, 4.69) is 11.1 Å². The zero-order chi connectivity index (χ0) is 16.5. The number of hydrogen-bond acceptors (Lipinski definition) is 3. The van der Waals surface area contributed by atoms with E-state index in [0.29, 0.717) is 5.69 Å². The van der Waals surface area contributed by atoms with E-state index in [4.69, 9.17) is 5.73 Å². The van der Waals surface area contributed by atoms with E-state index < -0.39 is 11.0 Å². The first kappa shape index (κ1) is 18.3. The smallest absolute Gasteiger partial charge is 0.135 e. The fraction of sp³-hybridized carbons (Fsp3) is 0.444. The Labute approximate surface area is 146 Å². The molecular weight excluding hydrogens is 324 g/mol. The van der Waals surface area contributed by atoms with Gasteiger partial charge in [-0.05, 0) is 23.9 Å². The average molecular weight is 351 g/mol. The topological polar surface area (TPSA) is 55.1 Å². The number of rotatable bonds is 10. The molecule has 0 aliphatic rings. The lowest BCUT2D eigenvalue weighted by atomic mass is 10.1. The molecule has 126 valence electrons. The van der Waals surface area contributed by atoms with E-state index in [-0.39, 0.29) is 0 Å². The molecule has 0 saturated heterocycles. The number of unbranched alkanes of at least 4 members (excludes halogenated alkanes) is 5. The monoisotopic (exact) mass is 350 g/mol. The summed E-state index contributed by atoms with van der Waals surface area (Å²) < 4.78 is 15.6. The normalized spacial score (nSPS) is 12.6. The van der Waals surface area contributed by atoms with Crippen LogP contribution >= 0.6 is 11.9 Å². The molecule has 2 aromatic rings. The van der Waals surface area contributed by atoms with E-state index in [1.165, 1.54) is 32.1 Å². The first-order valence-electron chi connectivity index (χ1n) is 8.30. The van der Waals surface area contributed by atoms with Gasteiger partial charge in [0.2, 0.25) is 0 Å². The molecule has 2 aromatic carbocycles. The van der Waals surface area contributed by atoms with Crippen LogP contribution in [0.1, 0.15) is 45.4 Å². The Morgan fingerprint density at radius 3 is 2.52 bits per heavy atom. The number of fused-ring (bicyclic) bond motifs is 1. The van der Waals surface area contributed by atoms with Crippen molar-refractivity contribution in [3.63, 3.8) is 0 Å². The predicted molar refractivity (Wildman–Crippen MR) is 104 cm³/mol. The van der Waals surface area contributed by atoms with E-state index >= 15 is 0 Å². The Morgan fingerprint density at radius 2 is 1.74 bits per heavy atom. The minimum atomic E-state index is -1.25. The summed E-state index contributed by atoms with van der Waals surface area (Å²) in [6, 6.07) is 11.6. The average Bonchev–Trinajstić information content (AvgIpc) is 2.57. The molecule has 0 aliphatic carbocycles. The van der Waals surface area contributed by atoms with E-state index in [1.54, 1.807) is 11.9 Å². The van der Waals surface area contributed by atoms with Gasteiger partial charge in [-0.15, -0.1) is 0 Å². The summed E-state index contributed by atoms with van der Waals surface area (Å²) in [5.41, 5.74) is 6.74. The zero-order valence-electron chi connectivity index (χ0n) is 13.7.